The van der Waals surface area contributed by atoms with Crippen LogP contribution < -0.4 is 10.1 Å². The summed E-state index contributed by atoms with van der Waals surface area (Å²) in [6, 6.07) is 7.93. The van der Waals surface area contributed by atoms with Gasteiger partial charge in [-0.2, -0.15) is 17.7 Å². The molecule has 3 aromatic heterocycles. The summed E-state index contributed by atoms with van der Waals surface area (Å²) < 4.78 is 42.8. The molecular weight excluding hydrogens is 485 g/mol. The van der Waals surface area contributed by atoms with Crippen LogP contribution in [-0.4, -0.2) is 14.5 Å². The first-order valence-electron chi connectivity index (χ1n) is 10.5. The van der Waals surface area contributed by atoms with Crippen molar-refractivity contribution in [2.24, 2.45) is 7.05 Å². The van der Waals surface area contributed by atoms with Crippen molar-refractivity contribution in [2.75, 3.05) is 0 Å². The maximum atomic E-state index is 13.2. The Morgan fingerprint density at radius 1 is 1.18 bits per heavy atom. The molecular formula is C24H19ClF3N4OS+. The Morgan fingerprint density at radius 3 is 2.62 bits per heavy atom. The Hall–Kier alpha value is -3.04. The van der Waals surface area contributed by atoms with Crippen molar-refractivity contribution < 1.29 is 17.7 Å². The van der Waals surface area contributed by atoms with Crippen molar-refractivity contribution in [3.8, 4) is 22.4 Å². The predicted molar refractivity (Wildman–Crippen MR) is 124 cm³/mol. The first-order chi connectivity index (χ1) is 16.1. The van der Waals surface area contributed by atoms with Crippen LogP contribution in [-0.2, 0) is 19.6 Å². The minimum Gasteiger partial charge on any atom is -0.254 e. The highest BCUT2D eigenvalue weighted by molar-refractivity contribution is 7.11. The molecule has 1 aliphatic heterocycles. The number of nitrogens with zero attached hydrogens (tertiary/aromatic N) is 4. The lowest BCUT2D eigenvalue weighted by Gasteiger charge is -2.12. The third-order valence-corrected chi connectivity index (χ3v) is 7.35. The van der Waals surface area contributed by atoms with E-state index >= 15 is 0 Å². The van der Waals surface area contributed by atoms with Crippen LogP contribution in [0.2, 0.25) is 5.02 Å². The number of aromatic nitrogens is 4. The quantitative estimate of drug-likeness (QED) is 0.353. The van der Waals surface area contributed by atoms with E-state index in [4.69, 9.17) is 11.6 Å². The Balaban J connectivity index is 1.59. The molecule has 0 saturated carbocycles. The van der Waals surface area contributed by atoms with Gasteiger partial charge in [-0.1, -0.05) is 29.8 Å². The molecule has 34 heavy (non-hydrogen) atoms. The number of hydrogen-bond donors (Lipinski definition) is 0. The van der Waals surface area contributed by atoms with Gasteiger partial charge in [0.1, 0.15) is 17.8 Å². The number of rotatable bonds is 3. The first-order valence-corrected chi connectivity index (χ1v) is 11.7. The molecule has 0 spiro atoms. The summed E-state index contributed by atoms with van der Waals surface area (Å²) in [7, 11) is 1.76. The van der Waals surface area contributed by atoms with Crippen LogP contribution in [0.25, 0.3) is 22.4 Å². The van der Waals surface area contributed by atoms with Gasteiger partial charge in [0.05, 0.1) is 39.6 Å². The van der Waals surface area contributed by atoms with E-state index in [1.807, 2.05) is 19.3 Å². The van der Waals surface area contributed by atoms with Gasteiger partial charge >= 0.3 is 11.7 Å². The number of hydrogen-bond acceptors (Lipinski definition) is 4. The Morgan fingerprint density at radius 2 is 1.94 bits per heavy atom. The van der Waals surface area contributed by atoms with E-state index in [1.165, 1.54) is 0 Å². The molecule has 1 unspecified atom stereocenters. The average molecular weight is 504 g/mol. The van der Waals surface area contributed by atoms with E-state index in [0.717, 1.165) is 40.8 Å². The lowest BCUT2D eigenvalue weighted by molar-refractivity contribution is -0.710. The van der Waals surface area contributed by atoms with Crippen LogP contribution in [0.15, 0.2) is 53.7 Å². The minimum atomic E-state index is -4.53. The number of alkyl halides is 3. The van der Waals surface area contributed by atoms with E-state index in [1.54, 1.807) is 47.2 Å². The second-order valence-electron chi connectivity index (χ2n) is 8.20. The molecule has 0 saturated heterocycles. The molecule has 4 aromatic rings. The summed E-state index contributed by atoms with van der Waals surface area (Å²) in [6.07, 6.45) is 1.64. The lowest BCUT2D eigenvalue weighted by atomic mass is 10.0. The Labute approximate surface area is 202 Å². The maximum Gasteiger partial charge on any atom is 0.417 e. The van der Waals surface area contributed by atoms with Crippen LogP contribution in [0.4, 0.5) is 13.2 Å². The number of fused-ring (bicyclic) bond motifs is 1. The van der Waals surface area contributed by atoms with E-state index in [-0.39, 0.29) is 22.3 Å². The van der Waals surface area contributed by atoms with Gasteiger partial charge in [0.15, 0.2) is 0 Å². The van der Waals surface area contributed by atoms with Gasteiger partial charge in [-0.05, 0) is 24.6 Å². The number of thiazole rings is 1. The van der Waals surface area contributed by atoms with Crippen LogP contribution in [0.3, 0.4) is 0 Å². The molecule has 0 radical (unpaired) electrons. The van der Waals surface area contributed by atoms with Gasteiger partial charge < -0.3 is 0 Å². The van der Waals surface area contributed by atoms with Gasteiger partial charge in [0.2, 0.25) is 0 Å². The van der Waals surface area contributed by atoms with Gasteiger partial charge in [0.25, 0.3) is 5.82 Å². The SMILES string of the molecule is Cc1ncc(C2CCc3n(C)c(=O)c(-c4cccc(-c5ncc(C(F)(F)F)cc5Cl)c4)c[n+]32)s1. The number of halogens is 4. The molecule has 4 heterocycles. The summed E-state index contributed by atoms with van der Waals surface area (Å²) in [5, 5.41) is 0.881. The first kappa shape index (κ1) is 22.7. The molecule has 1 aromatic carbocycles. The van der Waals surface area contributed by atoms with Gasteiger partial charge in [-0.3, -0.25) is 4.98 Å². The van der Waals surface area contributed by atoms with Crippen molar-refractivity contribution in [1.82, 2.24) is 14.5 Å². The number of aryl methyl sites for hydroxylation is 1. The van der Waals surface area contributed by atoms with E-state index in [2.05, 4.69) is 14.5 Å². The molecule has 1 atom stereocenters. The Kier molecular flexibility index (Phi) is 5.56. The second kappa shape index (κ2) is 8.32. The highest BCUT2D eigenvalue weighted by Gasteiger charge is 2.35. The van der Waals surface area contributed by atoms with Crippen LogP contribution in [0.1, 0.15) is 33.7 Å². The van der Waals surface area contributed by atoms with E-state index < -0.39 is 11.7 Å². The van der Waals surface area contributed by atoms with Crippen molar-refractivity contribution in [1.29, 1.82) is 0 Å². The topological polar surface area (TPSA) is 51.7 Å². The molecule has 0 N–H and O–H groups in total. The van der Waals surface area contributed by atoms with Crippen molar-refractivity contribution >= 4 is 22.9 Å². The predicted octanol–water partition coefficient (Wildman–Crippen LogP) is 5.37. The largest absolute Gasteiger partial charge is 0.417 e. The fraction of sp³-hybridized carbons (Fsp3) is 0.250. The number of benzene rings is 1. The molecule has 1 aliphatic rings. The van der Waals surface area contributed by atoms with Gasteiger partial charge in [-0.15, -0.1) is 11.3 Å². The highest BCUT2D eigenvalue weighted by Crippen LogP contribution is 2.35. The van der Waals surface area contributed by atoms with Crippen molar-refractivity contribution in [3.05, 3.63) is 85.6 Å². The fourth-order valence-corrected chi connectivity index (χ4v) is 5.55. The molecule has 0 aliphatic carbocycles. The molecule has 0 amide bonds. The molecule has 5 rings (SSSR count). The molecule has 0 fully saturated rings. The summed E-state index contributed by atoms with van der Waals surface area (Å²) in [4.78, 5) is 22.7. The zero-order valence-corrected chi connectivity index (χ0v) is 19.8. The Bertz CT molecular complexity index is 1480. The van der Waals surface area contributed by atoms with E-state index in [9.17, 15) is 18.0 Å². The summed E-state index contributed by atoms with van der Waals surface area (Å²) in [5.41, 5.74) is 0.821. The molecule has 174 valence electrons. The van der Waals surface area contributed by atoms with Crippen LogP contribution >= 0.6 is 22.9 Å². The van der Waals surface area contributed by atoms with Crippen molar-refractivity contribution in [2.45, 2.75) is 32.0 Å². The maximum absolute atomic E-state index is 13.2. The zero-order chi connectivity index (χ0) is 24.2. The third kappa shape index (κ3) is 3.92. The van der Waals surface area contributed by atoms with Crippen LogP contribution in [0, 0.1) is 6.92 Å². The number of pyridine rings is 1. The normalized spacial score (nSPS) is 15.5. The smallest absolute Gasteiger partial charge is 0.254 e. The average Bonchev–Trinajstić information content (AvgIpc) is 3.41. The van der Waals surface area contributed by atoms with Crippen molar-refractivity contribution in [3.63, 3.8) is 0 Å². The molecule has 0 bridgehead atoms. The standard InChI is InChI=1S/C24H19ClF3N4OS/c1-13-29-11-20(34-13)19-6-7-21-31(2)23(33)17(12-32(19)21)14-4-3-5-15(8-14)22-18(25)9-16(10-30-22)24(26,27)28/h3-5,8-12,19H,6-7H2,1-2H3/q+1. The van der Waals surface area contributed by atoms with E-state index in [0.29, 0.717) is 16.7 Å². The third-order valence-electron chi connectivity index (χ3n) is 6.05. The summed E-state index contributed by atoms with van der Waals surface area (Å²) in [6.45, 7) is 1.97. The monoisotopic (exact) mass is 503 g/mol. The fourth-order valence-electron chi connectivity index (χ4n) is 4.36. The summed E-state index contributed by atoms with van der Waals surface area (Å²) in [5.74, 6) is 0.938. The zero-order valence-electron chi connectivity index (χ0n) is 18.2. The molecule has 5 nitrogen and oxygen atoms in total. The van der Waals surface area contributed by atoms with Gasteiger partial charge in [0, 0.05) is 24.4 Å². The minimum absolute atomic E-state index is 0.0981. The van der Waals surface area contributed by atoms with Crippen LogP contribution in [0.5, 0.6) is 0 Å². The lowest BCUT2D eigenvalue weighted by Crippen LogP contribution is -2.44. The molecule has 10 heteroatoms. The second-order valence-corrected chi connectivity index (χ2v) is 9.87. The highest BCUT2D eigenvalue weighted by atomic mass is 35.5. The summed E-state index contributed by atoms with van der Waals surface area (Å²) >= 11 is 7.80. The van der Waals surface area contributed by atoms with Gasteiger partial charge in [-0.25, -0.2) is 14.3 Å².